The van der Waals surface area contributed by atoms with Crippen molar-refractivity contribution in [3.05, 3.63) is 36.3 Å². The number of nitrogens with one attached hydrogen (secondary N) is 2. The Hall–Kier alpha value is -2.70. The van der Waals surface area contributed by atoms with Gasteiger partial charge in [-0.15, -0.1) is 0 Å². The van der Waals surface area contributed by atoms with Crippen molar-refractivity contribution in [3.63, 3.8) is 0 Å². The topological polar surface area (TPSA) is 67.7 Å². The van der Waals surface area contributed by atoms with Crippen LogP contribution >= 0.6 is 0 Å². The van der Waals surface area contributed by atoms with Crippen LogP contribution in [0.4, 0.5) is 22.0 Å². The Labute approximate surface area is 157 Å². The molecule has 0 aliphatic heterocycles. The van der Waals surface area contributed by atoms with Crippen molar-refractivity contribution in [2.75, 3.05) is 10.6 Å². The van der Waals surface area contributed by atoms with Gasteiger partial charge in [-0.05, 0) is 37.8 Å². The second-order valence-electron chi connectivity index (χ2n) is 7.52. The highest BCUT2D eigenvalue weighted by molar-refractivity contribution is 5.76. The Morgan fingerprint density at radius 1 is 1.00 bits per heavy atom. The third kappa shape index (κ3) is 3.34. The summed E-state index contributed by atoms with van der Waals surface area (Å²) < 4.78 is 16.2. The molecule has 5 rings (SSSR count). The van der Waals surface area contributed by atoms with Crippen LogP contribution in [0.25, 0.3) is 11.2 Å². The molecular formula is C20H23FN6. The van der Waals surface area contributed by atoms with E-state index in [1.54, 1.807) is 18.3 Å². The molecule has 140 valence electrons. The molecule has 2 aliphatic carbocycles. The van der Waals surface area contributed by atoms with E-state index >= 15 is 0 Å². The van der Waals surface area contributed by atoms with E-state index in [-0.39, 0.29) is 5.82 Å². The van der Waals surface area contributed by atoms with Crippen LogP contribution in [0, 0.1) is 5.82 Å². The lowest BCUT2D eigenvalue weighted by Gasteiger charge is -2.22. The summed E-state index contributed by atoms with van der Waals surface area (Å²) in [5.41, 5.74) is 1.96. The van der Waals surface area contributed by atoms with Gasteiger partial charge in [-0.2, -0.15) is 4.98 Å². The molecule has 3 aromatic rings. The molecule has 7 heteroatoms. The molecule has 6 nitrogen and oxygen atoms in total. The predicted octanol–water partition coefficient (Wildman–Crippen LogP) is 4.79. The summed E-state index contributed by atoms with van der Waals surface area (Å²) in [6, 6.07) is 7.46. The largest absolute Gasteiger partial charge is 0.351 e. The van der Waals surface area contributed by atoms with Crippen LogP contribution in [0.5, 0.6) is 0 Å². The molecule has 0 amide bonds. The predicted molar refractivity (Wildman–Crippen MR) is 104 cm³/mol. The van der Waals surface area contributed by atoms with E-state index in [1.165, 1.54) is 38.2 Å². The number of fused-ring (bicyclic) bond motifs is 1. The summed E-state index contributed by atoms with van der Waals surface area (Å²) in [5.74, 6) is 0.994. The quantitative estimate of drug-likeness (QED) is 0.680. The molecule has 1 aromatic carbocycles. The first-order valence-corrected chi connectivity index (χ1v) is 9.81. The standard InChI is InChI=1S/C20H23FN6/c21-15-8-4-5-9-16(15)24-20-25-17-12-22-19(23-13-6-2-1-3-7-13)26-18(17)27(20)14-10-11-14/h4-5,8-9,12-14H,1-3,6-7,10-11H2,(H,24,25)(H,22,23,26). The van der Waals surface area contributed by atoms with Crippen LogP contribution in [0.3, 0.4) is 0 Å². The van der Waals surface area contributed by atoms with Crippen LogP contribution < -0.4 is 10.6 Å². The number of hydrogen-bond acceptors (Lipinski definition) is 5. The number of hydrogen-bond donors (Lipinski definition) is 2. The molecule has 2 saturated carbocycles. The van der Waals surface area contributed by atoms with Crippen molar-refractivity contribution in [1.82, 2.24) is 19.5 Å². The number of nitrogens with zero attached hydrogens (tertiary/aromatic N) is 4. The molecule has 0 unspecified atom stereocenters. The van der Waals surface area contributed by atoms with Gasteiger partial charge in [0, 0.05) is 12.1 Å². The second kappa shape index (κ2) is 6.79. The van der Waals surface area contributed by atoms with Gasteiger partial charge in [0.25, 0.3) is 0 Å². The van der Waals surface area contributed by atoms with Gasteiger partial charge in [-0.1, -0.05) is 31.4 Å². The number of anilines is 3. The molecule has 0 atom stereocenters. The number of para-hydroxylation sites is 1. The van der Waals surface area contributed by atoms with E-state index in [0.717, 1.165) is 24.0 Å². The van der Waals surface area contributed by atoms with Crippen LogP contribution in [-0.4, -0.2) is 25.6 Å². The highest BCUT2D eigenvalue weighted by Crippen LogP contribution is 2.40. The van der Waals surface area contributed by atoms with Crippen molar-refractivity contribution in [3.8, 4) is 0 Å². The molecule has 0 spiro atoms. The lowest BCUT2D eigenvalue weighted by atomic mass is 9.96. The van der Waals surface area contributed by atoms with Gasteiger partial charge >= 0.3 is 0 Å². The summed E-state index contributed by atoms with van der Waals surface area (Å²) >= 11 is 0. The second-order valence-corrected chi connectivity index (χ2v) is 7.52. The first-order chi connectivity index (χ1) is 13.3. The smallest absolute Gasteiger partial charge is 0.224 e. The van der Waals surface area contributed by atoms with Gasteiger partial charge < -0.3 is 10.6 Å². The van der Waals surface area contributed by atoms with E-state index in [2.05, 4.69) is 25.2 Å². The first kappa shape index (κ1) is 16.5. The van der Waals surface area contributed by atoms with Gasteiger partial charge in [0.05, 0.1) is 11.9 Å². The Bertz CT molecular complexity index is 958. The minimum Gasteiger partial charge on any atom is -0.351 e. The maximum absolute atomic E-state index is 14.1. The van der Waals surface area contributed by atoms with Crippen LogP contribution in [0.1, 0.15) is 51.0 Å². The van der Waals surface area contributed by atoms with Crippen LogP contribution in [0.2, 0.25) is 0 Å². The summed E-state index contributed by atoms with van der Waals surface area (Å²) in [6.07, 6.45) is 10.1. The van der Waals surface area contributed by atoms with Gasteiger partial charge in [-0.25, -0.2) is 14.4 Å². The van der Waals surface area contributed by atoms with Gasteiger partial charge in [0.15, 0.2) is 5.65 Å². The summed E-state index contributed by atoms with van der Waals surface area (Å²) in [5, 5.41) is 6.62. The maximum atomic E-state index is 14.1. The van der Waals surface area contributed by atoms with Crippen molar-refractivity contribution in [2.24, 2.45) is 0 Å². The fourth-order valence-corrected chi connectivity index (χ4v) is 3.84. The Morgan fingerprint density at radius 2 is 1.81 bits per heavy atom. The average molecular weight is 366 g/mol. The summed E-state index contributed by atoms with van der Waals surface area (Å²) in [4.78, 5) is 13.9. The Balaban J connectivity index is 1.49. The number of halogens is 1. The lowest BCUT2D eigenvalue weighted by molar-refractivity contribution is 0.461. The van der Waals surface area contributed by atoms with Gasteiger partial charge in [0.2, 0.25) is 11.9 Å². The van der Waals surface area contributed by atoms with E-state index < -0.39 is 0 Å². The first-order valence-electron chi connectivity index (χ1n) is 9.81. The van der Waals surface area contributed by atoms with Crippen molar-refractivity contribution >= 4 is 28.7 Å². The molecule has 2 aliphatic rings. The molecule has 0 bridgehead atoms. The number of benzene rings is 1. The zero-order valence-electron chi connectivity index (χ0n) is 15.2. The van der Waals surface area contributed by atoms with E-state index in [1.807, 2.05) is 6.07 Å². The molecule has 2 heterocycles. The Kier molecular flexibility index (Phi) is 4.14. The maximum Gasteiger partial charge on any atom is 0.224 e. The van der Waals surface area contributed by atoms with Crippen molar-refractivity contribution in [2.45, 2.75) is 57.0 Å². The van der Waals surface area contributed by atoms with Gasteiger partial charge in [-0.3, -0.25) is 4.57 Å². The molecule has 0 radical (unpaired) electrons. The zero-order valence-corrected chi connectivity index (χ0v) is 15.2. The fraction of sp³-hybridized carbons (Fsp3) is 0.450. The van der Waals surface area contributed by atoms with Gasteiger partial charge in [0.1, 0.15) is 11.3 Å². The molecular weight excluding hydrogens is 343 g/mol. The third-order valence-corrected chi connectivity index (χ3v) is 5.40. The summed E-state index contributed by atoms with van der Waals surface area (Å²) in [6.45, 7) is 0. The van der Waals surface area contributed by atoms with Crippen LogP contribution in [-0.2, 0) is 0 Å². The SMILES string of the molecule is Fc1ccccc1Nc1nc2cnc(NC3CCCCC3)nc2n1C1CC1. The number of aromatic nitrogens is 4. The molecule has 2 aromatic heterocycles. The molecule has 27 heavy (non-hydrogen) atoms. The highest BCUT2D eigenvalue weighted by atomic mass is 19.1. The molecule has 2 fully saturated rings. The number of rotatable bonds is 5. The third-order valence-electron chi connectivity index (χ3n) is 5.40. The van der Waals surface area contributed by atoms with E-state index in [9.17, 15) is 4.39 Å². The normalized spacial score (nSPS) is 18.0. The summed E-state index contributed by atoms with van der Waals surface area (Å²) in [7, 11) is 0. The minimum atomic E-state index is -0.294. The van der Waals surface area contributed by atoms with Crippen molar-refractivity contribution in [1.29, 1.82) is 0 Å². The fourth-order valence-electron chi connectivity index (χ4n) is 3.84. The molecule has 0 saturated heterocycles. The highest BCUT2D eigenvalue weighted by Gasteiger charge is 2.30. The monoisotopic (exact) mass is 366 g/mol. The zero-order chi connectivity index (χ0) is 18.2. The lowest BCUT2D eigenvalue weighted by Crippen LogP contribution is -2.23. The van der Waals surface area contributed by atoms with E-state index in [4.69, 9.17) is 4.98 Å². The Morgan fingerprint density at radius 3 is 2.59 bits per heavy atom. The molecule has 2 N–H and O–H groups in total. The average Bonchev–Trinajstić information content (AvgIpc) is 3.46. The minimum absolute atomic E-state index is 0.294. The van der Waals surface area contributed by atoms with Crippen molar-refractivity contribution < 1.29 is 4.39 Å². The number of imidazole rings is 1. The van der Waals surface area contributed by atoms with E-state index in [0.29, 0.717) is 29.7 Å². The van der Waals surface area contributed by atoms with Crippen LogP contribution in [0.15, 0.2) is 30.5 Å².